The van der Waals surface area contributed by atoms with Crippen molar-refractivity contribution in [1.29, 1.82) is 0 Å². The summed E-state index contributed by atoms with van der Waals surface area (Å²) < 4.78 is 10.3. The SMILES string of the molecule is COC(=O)C1(C2C=CCCC2)C=CC(C)(C)OC1=O. The molecule has 0 saturated heterocycles. The minimum atomic E-state index is -1.32. The average molecular weight is 264 g/mol. The van der Waals surface area contributed by atoms with Gasteiger partial charge >= 0.3 is 11.9 Å². The van der Waals surface area contributed by atoms with Crippen LogP contribution in [0.4, 0.5) is 0 Å². The highest BCUT2D eigenvalue weighted by Gasteiger charge is 2.55. The van der Waals surface area contributed by atoms with Gasteiger partial charge in [0.2, 0.25) is 0 Å². The van der Waals surface area contributed by atoms with Gasteiger partial charge in [-0.2, -0.15) is 0 Å². The Morgan fingerprint density at radius 3 is 2.68 bits per heavy atom. The molecule has 0 bridgehead atoms. The van der Waals surface area contributed by atoms with Crippen LogP contribution in [0.2, 0.25) is 0 Å². The van der Waals surface area contributed by atoms with Gasteiger partial charge in [0.15, 0.2) is 5.41 Å². The van der Waals surface area contributed by atoms with Crippen LogP contribution in [0.1, 0.15) is 33.1 Å². The fourth-order valence-corrected chi connectivity index (χ4v) is 2.70. The predicted molar refractivity (Wildman–Crippen MR) is 70.2 cm³/mol. The van der Waals surface area contributed by atoms with Gasteiger partial charge in [-0.15, -0.1) is 0 Å². The zero-order valence-electron chi connectivity index (χ0n) is 11.6. The molecule has 2 unspecified atom stereocenters. The van der Waals surface area contributed by atoms with Gasteiger partial charge < -0.3 is 9.47 Å². The number of rotatable bonds is 2. The van der Waals surface area contributed by atoms with Crippen molar-refractivity contribution in [3.8, 4) is 0 Å². The van der Waals surface area contributed by atoms with E-state index in [1.807, 2.05) is 12.2 Å². The Hall–Kier alpha value is -1.58. The van der Waals surface area contributed by atoms with E-state index < -0.39 is 23.0 Å². The topological polar surface area (TPSA) is 52.6 Å². The molecule has 0 saturated carbocycles. The van der Waals surface area contributed by atoms with E-state index in [-0.39, 0.29) is 5.92 Å². The van der Waals surface area contributed by atoms with Crippen LogP contribution in [0.5, 0.6) is 0 Å². The average Bonchev–Trinajstić information content (AvgIpc) is 2.38. The van der Waals surface area contributed by atoms with Gasteiger partial charge in [0.05, 0.1) is 7.11 Å². The van der Waals surface area contributed by atoms with Crippen LogP contribution in [0.15, 0.2) is 24.3 Å². The number of hydrogen-bond acceptors (Lipinski definition) is 4. The van der Waals surface area contributed by atoms with Crippen LogP contribution in [0.3, 0.4) is 0 Å². The first-order valence-corrected chi connectivity index (χ1v) is 6.61. The molecule has 1 heterocycles. The molecule has 4 nitrogen and oxygen atoms in total. The van der Waals surface area contributed by atoms with E-state index in [0.29, 0.717) is 0 Å². The van der Waals surface area contributed by atoms with Crippen molar-refractivity contribution in [3.05, 3.63) is 24.3 Å². The Kier molecular flexibility index (Phi) is 3.52. The lowest BCUT2D eigenvalue weighted by Crippen LogP contribution is -2.51. The molecule has 0 N–H and O–H groups in total. The van der Waals surface area contributed by atoms with Gasteiger partial charge in [0.1, 0.15) is 5.60 Å². The highest BCUT2D eigenvalue weighted by Crippen LogP contribution is 2.43. The van der Waals surface area contributed by atoms with Gasteiger partial charge in [-0.05, 0) is 39.2 Å². The summed E-state index contributed by atoms with van der Waals surface area (Å²) in [7, 11) is 1.30. The van der Waals surface area contributed by atoms with Gasteiger partial charge in [0.25, 0.3) is 0 Å². The standard InChI is InChI=1S/C15H20O4/c1-14(2)9-10-15(12(16)18-3,13(17)19-14)11-7-5-4-6-8-11/h5,7,9-11H,4,6,8H2,1-3H3. The first-order chi connectivity index (χ1) is 8.92. The van der Waals surface area contributed by atoms with Crippen LogP contribution in [-0.4, -0.2) is 24.6 Å². The van der Waals surface area contributed by atoms with Crippen molar-refractivity contribution < 1.29 is 19.1 Å². The zero-order chi connectivity index (χ0) is 14.1. The summed E-state index contributed by atoms with van der Waals surface area (Å²) in [6.07, 6.45) is 10.1. The lowest BCUT2D eigenvalue weighted by Gasteiger charge is -2.39. The number of ether oxygens (including phenoxy) is 2. The predicted octanol–water partition coefficient (Wildman–Crippen LogP) is 2.39. The highest BCUT2D eigenvalue weighted by molar-refractivity contribution is 6.03. The van der Waals surface area contributed by atoms with Crippen molar-refractivity contribution in [2.45, 2.75) is 38.7 Å². The van der Waals surface area contributed by atoms with Crippen molar-refractivity contribution in [2.24, 2.45) is 11.3 Å². The molecule has 0 fully saturated rings. The molecule has 4 heteroatoms. The molecule has 1 aliphatic heterocycles. The van der Waals surface area contributed by atoms with E-state index in [4.69, 9.17) is 9.47 Å². The third kappa shape index (κ3) is 2.31. The fourth-order valence-electron chi connectivity index (χ4n) is 2.70. The molecule has 2 atom stereocenters. The van der Waals surface area contributed by atoms with Crippen molar-refractivity contribution in [3.63, 3.8) is 0 Å². The Labute approximate surface area is 113 Å². The van der Waals surface area contributed by atoms with E-state index in [1.165, 1.54) is 7.11 Å². The molecule has 0 spiro atoms. The van der Waals surface area contributed by atoms with Crippen LogP contribution in [-0.2, 0) is 19.1 Å². The monoisotopic (exact) mass is 264 g/mol. The molecule has 0 radical (unpaired) electrons. The maximum atomic E-state index is 12.4. The largest absolute Gasteiger partial charge is 0.468 e. The van der Waals surface area contributed by atoms with E-state index in [1.54, 1.807) is 26.0 Å². The Balaban J connectivity index is 2.47. The van der Waals surface area contributed by atoms with Crippen LogP contribution < -0.4 is 0 Å². The molecule has 19 heavy (non-hydrogen) atoms. The van der Waals surface area contributed by atoms with Gasteiger partial charge in [0, 0.05) is 5.92 Å². The number of esters is 2. The number of allylic oxidation sites excluding steroid dienone is 2. The quantitative estimate of drug-likeness (QED) is 0.436. The number of carbonyl (C=O) groups excluding carboxylic acids is 2. The van der Waals surface area contributed by atoms with E-state index >= 15 is 0 Å². The molecular weight excluding hydrogens is 244 g/mol. The summed E-state index contributed by atoms with van der Waals surface area (Å²) in [6, 6.07) is 0. The summed E-state index contributed by atoms with van der Waals surface area (Å²) in [5.74, 6) is -1.24. The van der Waals surface area contributed by atoms with Gasteiger partial charge in [-0.1, -0.05) is 18.2 Å². The molecule has 0 amide bonds. The van der Waals surface area contributed by atoms with Crippen LogP contribution in [0.25, 0.3) is 0 Å². The molecule has 0 aromatic rings. The van der Waals surface area contributed by atoms with Crippen molar-refractivity contribution in [2.75, 3.05) is 7.11 Å². The Bertz CT molecular complexity index is 447. The molecule has 1 aliphatic carbocycles. The third-order valence-corrected chi connectivity index (χ3v) is 3.80. The third-order valence-electron chi connectivity index (χ3n) is 3.80. The van der Waals surface area contributed by atoms with Crippen LogP contribution in [0, 0.1) is 11.3 Å². The second-order valence-electron chi connectivity index (χ2n) is 5.65. The zero-order valence-corrected chi connectivity index (χ0v) is 11.6. The molecular formula is C15H20O4. The van der Waals surface area contributed by atoms with E-state index in [0.717, 1.165) is 19.3 Å². The van der Waals surface area contributed by atoms with Crippen LogP contribution >= 0.6 is 0 Å². The summed E-state index contributed by atoms with van der Waals surface area (Å²) in [4.78, 5) is 24.6. The smallest absolute Gasteiger partial charge is 0.328 e. The lowest BCUT2D eigenvalue weighted by molar-refractivity contribution is -0.178. The van der Waals surface area contributed by atoms with Gasteiger partial charge in [-0.3, -0.25) is 9.59 Å². The summed E-state index contributed by atoms with van der Waals surface area (Å²) in [6.45, 7) is 3.58. The summed E-state index contributed by atoms with van der Waals surface area (Å²) in [5.41, 5.74) is -1.99. The number of methoxy groups -OCH3 is 1. The Morgan fingerprint density at radius 2 is 2.16 bits per heavy atom. The lowest BCUT2D eigenvalue weighted by atomic mass is 9.69. The number of cyclic esters (lactones) is 1. The molecule has 0 aromatic carbocycles. The first kappa shape index (κ1) is 13.8. The fraction of sp³-hybridized carbons (Fsp3) is 0.600. The molecule has 104 valence electrons. The minimum absolute atomic E-state index is 0.187. The van der Waals surface area contributed by atoms with E-state index in [2.05, 4.69) is 0 Å². The molecule has 0 aromatic heterocycles. The number of carbonyl (C=O) groups is 2. The van der Waals surface area contributed by atoms with Crippen molar-refractivity contribution >= 4 is 11.9 Å². The molecule has 2 rings (SSSR count). The minimum Gasteiger partial charge on any atom is -0.468 e. The normalized spacial score (nSPS) is 32.8. The number of hydrogen-bond donors (Lipinski definition) is 0. The summed E-state index contributed by atoms with van der Waals surface area (Å²) in [5, 5.41) is 0. The maximum absolute atomic E-state index is 12.4. The van der Waals surface area contributed by atoms with Crippen molar-refractivity contribution in [1.82, 2.24) is 0 Å². The van der Waals surface area contributed by atoms with E-state index in [9.17, 15) is 9.59 Å². The maximum Gasteiger partial charge on any atom is 0.328 e. The second kappa shape index (κ2) is 4.83. The second-order valence-corrected chi connectivity index (χ2v) is 5.65. The highest BCUT2D eigenvalue weighted by atomic mass is 16.6. The first-order valence-electron chi connectivity index (χ1n) is 6.61. The summed E-state index contributed by atoms with van der Waals surface area (Å²) >= 11 is 0. The van der Waals surface area contributed by atoms with Gasteiger partial charge in [-0.25, -0.2) is 0 Å². The molecule has 2 aliphatic rings. The Morgan fingerprint density at radius 1 is 1.42 bits per heavy atom.